The third-order valence-electron chi connectivity index (χ3n) is 1.64. The Labute approximate surface area is 118 Å². The monoisotopic (exact) mass is 233 g/mol. The summed E-state index contributed by atoms with van der Waals surface area (Å²) in [5, 5.41) is 2.20. The molecule has 1 aliphatic heterocycles. The van der Waals surface area contributed by atoms with Gasteiger partial charge in [0.25, 0.3) is 11.8 Å². The van der Waals surface area contributed by atoms with Crippen LogP contribution in [0.15, 0.2) is 24.3 Å². The zero-order valence-electron chi connectivity index (χ0n) is 5.63. The summed E-state index contributed by atoms with van der Waals surface area (Å²) in [6.07, 6.45) is 0. The number of fused-ring (bicyclic) bond motifs is 1. The van der Waals surface area contributed by atoms with Gasteiger partial charge < -0.3 is 0 Å². The number of carbonyl (C=O) groups excluding carboxylic acids is 2. The second-order valence-electron chi connectivity index (χ2n) is 2.33. The molecule has 12 heavy (non-hydrogen) atoms. The molecule has 4 heteroatoms. The molecule has 1 aromatic rings. The molecule has 0 aliphatic carbocycles. The average molecular weight is 234 g/mol. The number of nitrogens with one attached hydrogen (secondary N) is 1. The number of hydrogen-bond acceptors (Lipinski definition) is 2. The van der Waals surface area contributed by atoms with E-state index in [-0.39, 0.29) is 70.0 Å². The number of imide groups is 1. The van der Waals surface area contributed by atoms with Crippen LogP contribution in [0.1, 0.15) is 20.7 Å². The van der Waals surface area contributed by atoms with E-state index in [4.69, 9.17) is 0 Å². The van der Waals surface area contributed by atoms with Crippen LogP contribution in [-0.2, 0) is 0 Å². The van der Waals surface area contributed by atoms with Crippen molar-refractivity contribution in [3.8, 4) is 0 Å². The molecule has 1 aromatic carbocycles. The maximum absolute atomic E-state index is 10.9. The molecule has 3 nitrogen and oxygen atoms in total. The van der Waals surface area contributed by atoms with Gasteiger partial charge in [-0.25, -0.2) is 0 Å². The van der Waals surface area contributed by atoms with E-state index >= 15 is 0 Å². The van der Waals surface area contributed by atoms with Gasteiger partial charge in [0.05, 0.1) is 11.1 Å². The summed E-state index contributed by atoms with van der Waals surface area (Å²) in [7, 11) is 0. The summed E-state index contributed by atoms with van der Waals surface area (Å²) < 4.78 is 0. The first-order chi connectivity index (χ1) is 5.29. The van der Waals surface area contributed by atoms with Crippen molar-refractivity contribution in [1.29, 1.82) is 0 Å². The van der Waals surface area contributed by atoms with E-state index in [1.807, 2.05) is 0 Å². The summed E-state index contributed by atoms with van der Waals surface area (Å²) in [5.74, 6) is -0.601. The van der Waals surface area contributed by atoms with Gasteiger partial charge in [-0.2, -0.15) is 0 Å². The van der Waals surface area contributed by atoms with Crippen LogP contribution >= 0.6 is 0 Å². The first-order valence-electron chi connectivity index (χ1n) is 3.24. The molecule has 56 valence electrons. The van der Waals surface area contributed by atoms with E-state index in [0.29, 0.717) is 11.1 Å². The van der Waals surface area contributed by atoms with Crippen LogP contribution in [0.4, 0.5) is 0 Å². The van der Waals surface area contributed by atoms with Crippen LogP contribution in [0.25, 0.3) is 0 Å². The van der Waals surface area contributed by atoms with Gasteiger partial charge in [0, 0.05) is 0 Å². The molecule has 0 atom stereocenters. The summed E-state index contributed by atoms with van der Waals surface area (Å²) in [6.45, 7) is 0. The van der Waals surface area contributed by atoms with Gasteiger partial charge >= 0.3 is 58.2 Å². The van der Waals surface area contributed by atoms with E-state index in [0.717, 1.165) is 0 Å². The summed E-state index contributed by atoms with van der Waals surface area (Å²) in [6, 6.07) is 6.74. The Morgan fingerprint density at radius 2 is 1.33 bits per heavy atom. The second kappa shape index (κ2) is 3.92. The number of hydrogen-bond donors (Lipinski definition) is 1. The van der Waals surface area contributed by atoms with Crippen LogP contribution in [0.5, 0.6) is 0 Å². The van der Waals surface area contributed by atoms with Crippen LogP contribution in [-0.4, -0.2) is 70.0 Å². The van der Waals surface area contributed by atoms with E-state index in [9.17, 15) is 9.59 Å². The fourth-order valence-corrected chi connectivity index (χ4v) is 1.12. The van der Waals surface area contributed by atoms with Crippen molar-refractivity contribution in [2.24, 2.45) is 0 Å². The normalized spacial score (nSPS) is 13.3. The predicted octanol–water partition coefficient (Wildman–Crippen LogP) is -0.0783. The van der Waals surface area contributed by atoms with Gasteiger partial charge in [-0.15, -0.1) is 0 Å². The minimum absolute atomic E-state index is 0. The van der Waals surface area contributed by atoms with Crippen molar-refractivity contribution in [2.45, 2.75) is 0 Å². The summed E-state index contributed by atoms with van der Waals surface area (Å²) in [5.41, 5.74) is 0.940. The van der Waals surface area contributed by atoms with Gasteiger partial charge in [-0.3, -0.25) is 14.9 Å². The Hall–Kier alpha value is 0.165. The first kappa shape index (κ1) is 10.2. The molecule has 0 unspecified atom stereocenters. The molecule has 2 rings (SSSR count). The first-order valence-corrected chi connectivity index (χ1v) is 3.24. The van der Waals surface area contributed by atoms with Crippen molar-refractivity contribution in [2.75, 3.05) is 0 Å². The molecule has 0 saturated heterocycles. The molecule has 0 radical (unpaired) electrons. The molecule has 1 N–H and O–H groups in total. The van der Waals surface area contributed by atoms with Crippen molar-refractivity contribution < 1.29 is 9.59 Å². The molecular formula is C8H6NO2Rb. The summed E-state index contributed by atoms with van der Waals surface area (Å²) >= 11 is 0. The van der Waals surface area contributed by atoms with Crippen molar-refractivity contribution in [1.82, 2.24) is 5.32 Å². The van der Waals surface area contributed by atoms with E-state index in [1.54, 1.807) is 24.3 Å². The van der Waals surface area contributed by atoms with Crippen LogP contribution < -0.4 is 5.32 Å². The van der Waals surface area contributed by atoms with Crippen molar-refractivity contribution in [3.05, 3.63) is 35.4 Å². The van der Waals surface area contributed by atoms with Gasteiger partial charge in [0.2, 0.25) is 0 Å². The third-order valence-corrected chi connectivity index (χ3v) is 1.64. The molecule has 0 aromatic heterocycles. The molecule has 1 heterocycles. The zero-order chi connectivity index (χ0) is 7.84. The van der Waals surface area contributed by atoms with E-state index in [2.05, 4.69) is 5.32 Å². The number of carbonyl (C=O) groups is 2. The van der Waals surface area contributed by atoms with Crippen molar-refractivity contribution in [3.63, 3.8) is 0 Å². The van der Waals surface area contributed by atoms with Gasteiger partial charge in [0.1, 0.15) is 0 Å². The molecular weight excluding hydrogens is 228 g/mol. The van der Waals surface area contributed by atoms with Crippen LogP contribution in [0, 0.1) is 0 Å². The Morgan fingerprint density at radius 1 is 0.917 bits per heavy atom. The molecule has 0 fully saturated rings. The Balaban J connectivity index is 0.000000720. The molecule has 1 aliphatic rings. The Morgan fingerprint density at radius 3 is 1.75 bits per heavy atom. The van der Waals surface area contributed by atoms with E-state index in [1.165, 1.54) is 0 Å². The maximum atomic E-state index is 10.9. The topological polar surface area (TPSA) is 46.2 Å². The third kappa shape index (κ3) is 1.59. The second-order valence-corrected chi connectivity index (χ2v) is 2.33. The quantitative estimate of drug-likeness (QED) is 0.638. The zero-order valence-corrected chi connectivity index (χ0v) is 5.63. The molecule has 0 spiro atoms. The SMILES string of the molecule is O=C1NC(=O)c2ccccc21.[RbH]. The van der Waals surface area contributed by atoms with Crippen LogP contribution in [0.2, 0.25) is 0 Å². The standard InChI is InChI=1S/C8H5NO2.Rb.H/c10-7-5-3-1-2-4-6(5)8(11)9-7;;/h1-4H,(H,9,10,11);;. The fourth-order valence-electron chi connectivity index (χ4n) is 1.12. The van der Waals surface area contributed by atoms with E-state index < -0.39 is 0 Å². The van der Waals surface area contributed by atoms with Gasteiger partial charge in [-0.1, -0.05) is 12.1 Å². The van der Waals surface area contributed by atoms with Gasteiger partial charge in [-0.05, 0) is 12.1 Å². The van der Waals surface area contributed by atoms with Crippen LogP contribution in [0.3, 0.4) is 0 Å². The number of benzene rings is 1. The molecule has 0 bridgehead atoms. The van der Waals surface area contributed by atoms with Crippen molar-refractivity contribution >= 4 is 70.0 Å². The number of amides is 2. The Bertz CT molecular complexity index is 316. The summed E-state index contributed by atoms with van der Waals surface area (Å²) in [4.78, 5) is 21.9. The molecule has 0 saturated carbocycles. The molecule has 2 amide bonds. The number of rotatable bonds is 0. The predicted molar refractivity (Wildman–Crippen MR) is 45.4 cm³/mol. The van der Waals surface area contributed by atoms with Gasteiger partial charge in [0.15, 0.2) is 0 Å². The minimum atomic E-state index is -0.300. The fraction of sp³-hybridized carbons (Fsp3) is 0. The Kier molecular flexibility index (Phi) is 3.34. The average Bonchev–Trinajstić information content (AvgIpc) is 2.30.